The van der Waals surface area contributed by atoms with Crippen molar-refractivity contribution in [3.8, 4) is 45.3 Å². The van der Waals surface area contributed by atoms with E-state index in [9.17, 15) is 5.26 Å². The number of allylic oxidation sites excluding steroid dienone is 3. The summed E-state index contributed by atoms with van der Waals surface area (Å²) in [4.78, 5) is 2.73. The Bertz CT molecular complexity index is 3160. The Kier molecular flexibility index (Phi) is 7.57. The first-order chi connectivity index (χ1) is 29.5. The van der Waals surface area contributed by atoms with Crippen LogP contribution in [0.25, 0.3) is 56.2 Å². The van der Waals surface area contributed by atoms with Crippen LogP contribution in [0.3, 0.4) is 0 Å². The molecule has 61 heavy (non-hydrogen) atoms. The maximum absolute atomic E-state index is 9.81. The fourth-order valence-electron chi connectivity index (χ4n) is 11.3. The molecule has 0 saturated heterocycles. The zero-order chi connectivity index (χ0) is 41.5. The lowest BCUT2D eigenvalue weighted by atomic mass is 9.32. The molecular formula is C57H48BN3. The number of aromatic nitrogens is 1. The Labute approximate surface area is 360 Å². The van der Waals surface area contributed by atoms with E-state index in [2.05, 4.69) is 191 Å². The molecule has 0 N–H and O–H groups in total. The summed E-state index contributed by atoms with van der Waals surface area (Å²) in [5.74, 6) is 0.220. The number of hydrogen-bond donors (Lipinski definition) is 0. The lowest BCUT2D eigenvalue weighted by Gasteiger charge is -2.42. The van der Waals surface area contributed by atoms with Gasteiger partial charge in [0.1, 0.15) is 0 Å². The second-order valence-corrected chi connectivity index (χ2v) is 19.9. The average Bonchev–Trinajstić information content (AvgIpc) is 3.79. The highest BCUT2D eigenvalue weighted by Gasteiger charge is 2.51. The van der Waals surface area contributed by atoms with Crippen molar-refractivity contribution in [1.29, 1.82) is 5.26 Å². The Morgan fingerprint density at radius 2 is 1.43 bits per heavy atom. The Hall–Kier alpha value is -6.57. The molecule has 0 saturated carbocycles. The Morgan fingerprint density at radius 3 is 2.13 bits per heavy atom. The molecule has 4 heterocycles. The molecule has 2 atom stereocenters. The van der Waals surface area contributed by atoms with Crippen molar-refractivity contribution in [2.24, 2.45) is 5.41 Å². The van der Waals surface area contributed by atoms with Crippen LogP contribution in [0.15, 0.2) is 145 Å². The van der Waals surface area contributed by atoms with Crippen molar-refractivity contribution in [2.75, 3.05) is 4.90 Å². The summed E-state index contributed by atoms with van der Waals surface area (Å²) in [6, 6.07) is 45.5. The predicted octanol–water partition coefficient (Wildman–Crippen LogP) is 12.0. The van der Waals surface area contributed by atoms with Crippen LogP contribution in [-0.4, -0.2) is 17.3 Å². The molecule has 0 bridgehead atoms. The van der Waals surface area contributed by atoms with Gasteiger partial charge in [-0.25, -0.2) is 0 Å². The van der Waals surface area contributed by atoms with E-state index in [4.69, 9.17) is 0 Å². The van der Waals surface area contributed by atoms with Gasteiger partial charge in [-0.3, -0.25) is 0 Å². The zero-order valence-electron chi connectivity index (χ0n) is 35.8. The lowest BCUT2D eigenvalue weighted by Crippen LogP contribution is -2.62. The summed E-state index contributed by atoms with van der Waals surface area (Å²) in [6.45, 7) is 14.2. The van der Waals surface area contributed by atoms with Crippen molar-refractivity contribution in [1.82, 2.24) is 4.57 Å². The molecule has 0 amide bonds. The van der Waals surface area contributed by atoms with Gasteiger partial charge in [-0.1, -0.05) is 157 Å². The first-order valence-corrected chi connectivity index (χ1v) is 22.1. The molecule has 7 aromatic rings. The molecule has 2 aliphatic carbocycles. The molecule has 3 aliphatic heterocycles. The van der Waals surface area contributed by atoms with Gasteiger partial charge in [-0.15, -0.1) is 0 Å². The largest absolute Gasteiger partial charge is 0.334 e. The number of benzene rings is 6. The summed E-state index contributed by atoms with van der Waals surface area (Å²) >= 11 is 0. The molecule has 0 radical (unpaired) electrons. The summed E-state index contributed by atoms with van der Waals surface area (Å²) in [5.41, 5.74) is 24.5. The minimum Gasteiger partial charge on any atom is -0.334 e. The monoisotopic (exact) mass is 785 g/mol. The maximum Gasteiger partial charge on any atom is 0.252 e. The molecule has 1 aromatic heterocycles. The third-order valence-corrected chi connectivity index (χ3v) is 14.3. The van der Waals surface area contributed by atoms with E-state index in [0.29, 0.717) is 5.56 Å². The topological polar surface area (TPSA) is 32.0 Å². The number of aryl methyl sites for hydroxylation is 1. The van der Waals surface area contributed by atoms with Gasteiger partial charge in [0, 0.05) is 33.9 Å². The highest BCUT2D eigenvalue weighted by atomic mass is 15.2. The van der Waals surface area contributed by atoms with Gasteiger partial charge in [0.2, 0.25) is 0 Å². The van der Waals surface area contributed by atoms with Crippen LogP contribution in [0.2, 0.25) is 0 Å². The van der Waals surface area contributed by atoms with Crippen molar-refractivity contribution in [3.05, 3.63) is 173 Å². The fourth-order valence-corrected chi connectivity index (χ4v) is 11.3. The normalized spacial score (nSPS) is 17.8. The molecule has 0 fully saturated rings. The van der Waals surface area contributed by atoms with Crippen LogP contribution in [-0.2, 0) is 11.8 Å². The molecule has 2 unspecified atom stereocenters. The van der Waals surface area contributed by atoms with Gasteiger partial charge in [0.05, 0.1) is 28.9 Å². The number of hydrogen-bond acceptors (Lipinski definition) is 2. The summed E-state index contributed by atoms with van der Waals surface area (Å²) < 4.78 is 2.66. The lowest BCUT2D eigenvalue weighted by molar-refractivity contribution is 0.507. The van der Waals surface area contributed by atoms with Crippen molar-refractivity contribution in [3.63, 3.8) is 0 Å². The standard InChI is InChI=1S/C57H48BN3/c1-56(2,3)40-25-26-47-43(30-40)44-31-41(57(4,5)6)32-46-54(44)60(47)48-28-39(35-23-21-34(33-59)22-24-35)29-49-52(48)58(46)51-42-20-14-13-19-38(42)27-45-50(36-15-9-7-10-16-36)53(61(49)55(45)51)37-17-11-8-12-18-37/h7-12,14-18,20-32,43,47H,13,19H2,1-6H3. The average molecular weight is 786 g/mol. The van der Waals surface area contributed by atoms with Crippen molar-refractivity contribution in [2.45, 2.75) is 71.8 Å². The van der Waals surface area contributed by atoms with E-state index in [1.54, 1.807) is 0 Å². The van der Waals surface area contributed by atoms with Crippen molar-refractivity contribution >= 4 is 51.5 Å². The number of rotatable bonds is 3. The van der Waals surface area contributed by atoms with Gasteiger partial charge < -0.3 is 9.47 Å². The molecule has 4 heteroatoms. The molecule has 12 rings (SSSR count). The SMILES string of the molecule is CC(C)(C)C1=CC2c3cc(C(C)(C)C)cc4c3N(c3cc(-c5ccc(C#N)cc5)cc5c3B4c3c4c(cc6c(-c7ccccc7)c(-c7ccccc7)n-5c36)CCC=C4)C2C=C1. The molecule has 3 nitrogen and oxygen atoms in total. The number of anilines is 2. The Morgan fingerprint density at radius 1 is 0.705 bits per heavy atom. The second-order valence-electron chi connectivity index (χ2n) is 19.9. The minimum atomic E-state index is -0.0424. The van der Waals surface area contributed by atoms with Gasteiger partial charge in [-0.05, 0) is 120 Å². The predicted molar refractivity (Wildman–Crippen MR) is 257 cm³/mol. The van der Waals surface area contributed by atoms with Crippen LogP contribution in [0.1, 0.15) is 81.7 Å². The van der Waals surface area contributed by atoms with Crippen LogP contribution < -0.4 is 21.3 Å². The Balaban J connectivity index is 1.29. The molecular weight excluding hydrogens is 737 g/mol. The fraction of sp³-hybridized carbons (Fsp3) is 0.211. The summed E-state index contributed by atoms with van der Waals surface area (Å²) in [7, 11) is 0. The molecule has 294 valence electrons. The van der Waals surface area contributed by atoms with E-state index in [0.717, 1.165) is 24.0 Å². The number of fused-ring (bicyclic) bond motifs is 9. The van der Waals surface area contributed by atoms with E-state index in [-0.39, 0.29) is 29.5 Å². The highest BCUT2D eigenvalue weighted by molar-refractivity contribution is 7.00. The first kappa shape index (κ1) is 36.3. The van der Waals surface area contributed by atoms with Crippen LogP contribution in [0.5, 0.6) is 0 Å². The smallest absolute Gasteiger partial charge is 0.252 e. The second kappa shape index (κ2) is 12.7. The van der Waals surface area contributed by atoms with Crippen molar-refractivity contribution < 1.29 is 0 Å². The summed E-state index contributed by atoms with van der Waals surface area (Å²) in [5, 5.41) is 11.1. The van der Waals surface area contributed by atoms with E-state index < -0.39 is 0 Å². The number of nitriles is 1. The van der Waals surface area contributed by atoms with Crippen LogP contribution in [0, 0.1) is 16.7 Å². The van der Waals surface area contributed by atoms with Gasteiger partial charge in [0.25, 0.3) is 6.71 Å². The van der Waals surface area contributed by atoms with Crippen LogP contribution in [0.4, 0.5) is 11.4 Å². The number of nitrogens with zero attached hydrogens (tertiary/aromatic N) is 3. The minimum absolute atomic E-state index is 0.0253. The van der Waals surface area contributed by atoms with E-state index >= 15 is 0 Å². The first-order valence-electron chi connectivity index (χ1n) is 22.1. The maximum atomic E-state index is 9.81. The molecule has 5 aliphatic rings. The molecule has 6 aromatic carbocycles. The van der Waals surface area contributed by atoms with Gasteiger partial charge >= 0.3 is 0 Å². The highest BCUT2D eigenvalue weighted by Crippen LogP contribution is 2.54. The van der Waals surface area contributed by atoms with Crippen LogP contribution >= 0.6 is 0 Å². The summed E-state index contributed by atoms with van der Waals surface area (Å²) in [6.07, 6.45) is 14.4. The third kappa shape index (κ3) is 5.17. The van der Waals surface area contributed by atoms with E-state index in [1.807, 2.05) is 12.1 Å². The van der Waals surface area contributed by atoms with E-state index in [1.165, 1.54) is 94.6 Å². The van der Waals surface area contributed by atoms with Gasteiger partial charge in [0.15, 0.2) is 0 Å². The third-order valence-electron chi connectivity index (χ3n) is 14.3. The quantitative estimate of drug-likeness (QED) is 0.167. The molecule has 0 spiro atoms. The zero-order valence-corrected chi connectivity index (χ0v) is 35.8. The van der Waals surface area contributed by atoms with Gasteiger partial charge in [-0.2, -0.15) is 5.26 Å².